The van der Waals surface area contributed by atoms with Crippen molar-refractivity contribution in [1.82, 2.24) is 4.98 Å². The molecular formula is C18H23N3O2. The largest absolute Gasteiger partial charge is 0.444 e. The Balaban J connectivity index is 1.59. The van der Waals surface area contributed by atoms with E-state index >= 15 is 0 Å². The second kappa shape index (κ2) is 7.42. The quantitative estimate of drug-likeness (QED) is 0.884. The number of carbonyl (C=O) groups is 1. The van der Waals surface area contributed by atoms with Gasteiger partial charge in [0.05, 0.1) is 12.2 Å². The summed E-state index contributed by atoms with van der Waals surface area (Å²) in [7, 11) is 0. The standard InChI is InChI=1S/C18H23N3O2/c19-16(9-13-5-2-1-3-6-13)18(22)21-15-8-4-7-14(10-15)17-11-20-12-23-17/h4,7-8,10-13,16H,1-3,5-6,9,19H2,(H,21,22). The topological polar surface area (TPSA) is 81.2 Å². The minimum absolute atomic E-state index is 0.120. The number of nitrogens with zero attached hydrogens (tertiary/aromatic N) is 1. The highest BCUT2D eigenvalue weighted by atomic mass is 16.3. The molecule has 122 valence electrons. The molecule has 1 amide bonds. The van der Waals surface area contributed by atoms with E-state index in [0.717, 1.165) is 17.7 Å². The maximum absolute atomic E-state index is 12.3. The molecular weight excluding hydrogens is 290 g/mol. The van der Waals surface area contributed by atoms with Crippen molar-refractivity contribution in [3.63, 3.8) is 0 Å². The van der Waals surface area contributed by atoms with Crippen molar-refractivity contribution in [3.8, 4) is 11.3 Å². The van der Waals surface area contributed by atoms with Crippen molar-refractivity contribution in [1.29, 1.82) is 0 Å². The molecule has 5 nitrogen and oxygen atoms in total. The molecule has 0 aliphatic heterocycles. The molecule has 2 aromatic rings. The van der Waals surface area contributed by atoms with Crippen LogP contribution in [0.15, 0.2) is 41.3 Å². The zero-order valence-electron chi connectivity index (χ0n) is 13.2. The van der Waals surface area contributed by atoms with Crippen LogP contribution < -0.4 is 11.1 Å². The van der Waals surface area contributed by atoms with Crippen molar-refractivity contribution >= 4 is 11.6 Å². The Morgan fingerprint density at radius 2 is 2.17 bits per heavy atom. The molecule has 1 fully saturated rings. The van der Waals surface area contributed by atoms with Crippen LogP contribution >= 0.6 is 0 Å². The van der Waals surface area contributed by atoms with E-state index in [1.54, 1.807) is 6.20 Å². The number of nitrogens with two attached hydrogens (primary N) is 1. The highest BCUT2D eigenvalue weighted by molar-refractivity contribution is 5.95. The van der Waals surface area contributed by atoms with Gasteiger partial charge < -0.3 is 15.5 Å². The smallest absolute Gasteiger partial charge is 0.241 e. The van der Waals surface area contributed by atoms with Gasteiger partial charge in [0.1, 0.15) is 0 Å². The first kappa shape index (κ1) is 15.7. The molecule has 1 aromatic heterocycles. The Kier molecular flexibility index (Phi) is 5.08. The summed E-state index contributed by atoms with van der Waals surface area (Å²) in [4.78, 5) is 16.2. The van der Waals surface area contributed by atoms with E-state index in [1.807, 2.05) is 24.3 Å². The van der Waals surface area contributed by atoms with Crippen LogP contribution in [0, 0.1) is 5.92 Å². The second-order valence-corrected chi connectivity index (χ2v) is 6.28. The van der Waals surface area contributed by atoms with Crippen LogP contribution in [-0.2, 0) is 4.79 Å². The maximum Gasteiger partial charge on any atom is 0.241 e. The number of carbonyl (C=O) groups excluding carboxylic acids is 1. The van der Waals surface area contributed by atoms with E-state index in [2.05, 4.69) is 10.3 Å². The fourth-order valence-corrected chi connectivity index (χ4v) is 3.23. The van der Waals surface area contributed by atoms with Crippen molar-refractivity contribution in [2.24, 2.45) is 11.7 Å². The number of anilines is 1. The van der Waals surface area contributed by atoms with Gasteiger partial charge in [-0.3, -0.25) is 4.79 Å². The Morgan fingerprint density at radius 1 is 1.35 bits per heavy atom. The van der Waals surface area contributed by atoms with Crippen LogP contribution in [0.5, 0.6) is 0 Å². The molecule has 1 unspecified atom stereocenters. The fourth-order valence-electron chi connectivity index (χ4n) is 3.23. The Labute approximate surface area is 136 Å². The van der Waals surface area contributed by atoms with Crippen LogP contribution in [0.25, 0.3) is 11.3 Å². The Hall–Kier alpha value is -2.14. The van der Waals surface area contributed by atoms with Gasteiger partial charge in [0.2, 0.25) is 5.91 Å². The predicted octanol–water partition coefficient (Wildman–Crippen LogP) is 3.58. The van der Waals surface area contributed by atoms with Crippen molar-refractivity contribution in [2.45, 2.75) is 44.6 Å². The Bertz CT molecular complexity index is 633. The first-order chi connectivity index (χ1) is 11.2. The second-order valence-electron chi connectivity index (χ2n) is 6.28. The third kappa shape index (κ3) is 4.20. The number of hydrogen-bond donors (Lipinski definition) is 2. The van der Waals surface area contributed by atoms with E-state index in [1.165, 1.54) is 38.5 Å². The summed E-state index contributed by atoms with van der Waals surface area (Å²) in [6, 6.07) is 7.06. The average Bonchev–Trinajstić information content (AvgIpc) is 3.10. The van der Waals surface area contributed by atoms with Crippen LogP contribution in [-0.4, -0.2) is 16.9 Å². The number of aromatic nitrogens is 1. The van der Waals surface area contributed by atoms with E-state index in [-0.39, 0.29) is 5.91 Å². The lowest BCUT2D eigenvalue weighted by Gasteiger charge is -2.24. The maximum atomic E-state index is 12.3. The molecule has 1 atom stereocenters. The number of oxazole rings is 1. The lowest BCUT2D eigenvalue weighted by molar-refractivity contribution is -0.117. The SMILES string of the molecule is NC(CC1CCCCC1)C(=O)Nc1cccc(-c2cnco2)c1. The van der Waals surface area contributed by atoms with Gasteiger partial charge in [-0.25, -0.2) is 4.98 Å². The van der Waals surface area contributed by atoms with E-state index in [0.29, 0.717) is 11.7 Å². The first-order valence-corrected chi connectivity index (χ1v) is 8.28. The summed E-state index contributed by atoms with van der Waals surface area (Å²) < 4.78 is 5.28. The van der Waals surface area contributed by atoms with Crippen LogP contribution in [0.4, 0.5) is 5.69 Å². The third-order valence-electron chi connectivity index (χ3n) is 4.50. The number of amides is 1. The molecule has 0 bridgehead atoms. The van der Waals surface area contributed by atoms with Gasteiger partial charge in [0, 0.05) is 11.3 Å². The van der Waals surface area contributed by atoms with E-state index < -0.39 is 6.04 Å². The van der Waals surface area contributed by atoms with Gasteiger partial charge in [-0.05, 0) is 24.5 Å². The molecule has 0 saturated heterocycles. The molecule has 1 aromatic carbocycles. The fraction of sp³-hybridized carbons (Fsp3) is 0.444. The van der Waals surface area contributed by atoms with Gasteiger partial charge in [-0.15, -0.1) is 0 Å². The monoisotopic (exact) mass is 313 g/mol. The van der Waals surface area contributed by atoms with Crippen LogP contribution in [0.1, 0.15) is 38.5 Å². The van der Waals surface area contributed by atoms with Gasteiger partial charge in [-0.2, -0.15) is 0 Å². The van der Waals surface area contributed by atoms with Crippen LogP contribution in [0.2, 0.25) is 0 Å². The van der Waals surface area contributed by atoms with E-state index in [4.69, 9.17) is 10.2 Å². The third-order valence-corrected chi connectivity index (χ3v) is 4.50. The molecule has 1 saturated carbocycles. The summed E-state index contributed by atoms with van der Waals surface area (Å²) in [5, 5.41) is 2.91. The highest BCUT2D eigenvalue weighted by Crippen LogP contribution is 2.27. The van der Waals surface area contributed by atoms with E-state index in [9.17, 15) is 4.79 Å². The van der Waals surface area contributed by atoms with Gasteiger partial charge in [0.15, 0.2) is 12.2 Å². The molecule has 1 heterocycles. The number of benzene rings is 1. The molecule has 3 rings (SSSR count). The lowest BCUT2D eigenvalue weighted by atomic mass is 9.85. The number of hydrogen-bond acceptors (Lipinski definition) is 4. The normalized spacial score (nSPS) is 16.9. The van der Waals surface area contributed by atoms with Gasteiger partial charge in [-0.1, -0.05) is 44.2 Å². The predicted molar refractivity (Wildman–Crippen MR) is 89.7 cm³/mol. The first-order valence-electron chi connectivity index (χ1n) is 8.28. The summed E-state index contributed by atoms with van der Waals surface area (Å²) in [5.74, 6) is 1.14. The molecule has 0 spiro atoms. The Morgan fingerprint density at radius 3 is 2.91 bits per heavy atom. The molecule has 3 N–H and O–H groups in total. The van der Waals surface area contributed by atoms with Crippen LogP contribution in [0.3, 0.4) is 0 Å². The molecule has 1 aliphatic rings. The molecule has 23 heavy (non-hydrogen) atoms. The van der Waals surface area contributed by atoms with Crippen molar-refractivity contribution < 1.29 is 9.21 Å². The zero-order chi connectivity index (χ0) is 16.1. The molecule has 1 aliphatic carbocycles. The minimum atomic E-state index is -0.452. The average molecular weight is 313 g/mol. The summed E-state index contributed by atoms with van der Waals surface area (Å²) in [6.07, 6.45) is 10.0. The summed E-state index contributed by atoms with van der Waals surface area (Å²) in [5.41, 5.74) is 7.69. The van der Waals surface area contributed by atoms with Crippen molar-refractivity contribution in [2.75, 3.05) is 5.32 Å². The zero-order valence-corrected chi connectivity index (χ0v) is 13.2. The van der Waals surface area contributed by atoms with Gasteiger partial charge >= 0.3 is 0 Å². The summed E-state index contributed by atoms with van der Waals surface area (Å²) in [6.45, 7) is 0. The molecule has 0 radical (unpaired) electrons. The highest BCUT2D eigenvalue weighted by Gasteiger charge is 2.21. The van der Waals surface area contributed by atoms with Gasteiger partial charge in [0.25, 0.3) is 0 Å². The summed E-state index contributed by atoms with van der Waals surface area (Å²) >= 11 is 0. The van der Waals surface area contributed by atoms with Crippen molar-refractivity contribution in [3.05, 3.63) is 36.9 Å². The number of rotatable bonds is 5. The number of nitrogens with one attached hydrogen (secondary N) is 1. The molecule has 5 heteroatoms. The minimum Gasteiger partial charge on any atom is -0.444 e. The lowest BCUT2D eigenvalue weighted by Crippen LogP contribution is -2.37.